The Morgan fingerprint density at radius 1 is 1.22 bits per heavy atom. The summed E-state index contributed by atoms with van der Waals surface area (Å²) in [5.74, 6) is 0.635. The molecule has 1 unspecified atom stereocenters. The molecule has 1 aliphatic heterocycles. The number of aryl methyl sites for hydroxylation is 1. The third-order valence-corrected chi connectivity index (χ3v) is 5.62. The van der Waals surface area contributed by atoms with Crippen molar-refractivity contribution in [3.05, 3.63) is 35.8 Å². The number of rotatable bonds is 4. The molecule has 0 saturated carbocycles. The molecule has 1 aromatic heterocycles. The molecule has 3 rings (SSSR count). The summed E-state index contributed by atoms with van der Waals surface area (Å²) in [4.78, 5) is 4.86. The smallest absolute Gasteiger partial charge is 0.123 e. The molecule has 126 valence electrons. The summed E-state index contributed by atoms with van der Waals surface area (Å²) in [6, 6.07) is 7.83. The molecule has 0 amide bonds. The lowest BCUT2D eigenvalue weighted by Crippen LogP contribution is -2.41. The summed E-state index contributed by atoms with van der Waals surface area (Å²) < 4.78 is 15.6. The van der Waals surface area contributed by atoms with Crippen molar-refractivity contribution in [1.82, 2.24) is 14.4 Å². The molecule has 2 aromatic rings. The number of fused-ring (bicyclic) bond motifs is 1. The molecule has 1 fully saturated rings. The molecule has 0 radical (unpaired) electrons. The summed E-state index contributed by atoms with van der Waals surface area (Å²) in [7, 11) is 6.42. The molecule has 0 aliphatic carbocycles. The van der Waals surface area contributed by atoms with Crippen LogP contribution in [0.25, 0.3) is 10.9 Å². The van der Waals surface area contributed by atoms with Gasteiger partial charge in [-0.1, -0.05) is 0 Å². The highest BCUT2D eigenvalue weighted by atomic mass is 19.1. The molecule has 0 N–H and O–H groups in total. The Hall–Kier alpha value is -1.39. The van der Waals surface area contributed by atoms with E-state index in [0.717, 1.165) is 36.5 Å². The van der Waals surface area contributed by atoms with Gasteiger partial charge in [0.2, 0.25) is 0 Å². The third-order valence-electron chi connectivity index (χ3n) is 5.62. The fourth-order valence-corrected chi connectivity index (χ4v) is 3.77. The highest BCUT2D eigenvalue weighted by molar-refractivity contribution is 5.81. The first-order chi connectivity index (χ1) is 11.0. The molecule has 3 nitrogen and oxygen atoms in total. The third kappa shape index (κ3) is 3.43. The minimum absolute atomic E-state index is 0.159. The first-order valence-corrected chi connectivity index (χ1v) is 8.58. The van der Waals surface area contributed by atoms with E-state index in [1.165, 1.54) is 18.5 Å². The Morgan fingerprint density at radius 3 is 2.57 bits per heavy atom. The van der Waals surface area contributed by atoms with Gasteiger partial charge in [0.15, 0.2) is 0 Å². The molecular formula is C19H28FN3. The van der Waals surface area contributed by atoms with E-state index in [-0.39, 0.29) is 5.82 Å². The summed E-state index contributed by atoms with van der Waals surface area (Å²) in [6.07, 6.45) is 2.52. The van der Waals surface area contributed by atoms with Gasteiger partial charge >= 0.3 is 0 Å². The Morgan fingerprint density at radius 2 is 1.91 bits per heavy atom. The molecule has 1 aliphatic rings. The number of hydrogen-bond donors (Lipinski definition) is 0. The van der Waals surface area contributed by atoms with Crippen molar-refractivity contribution in [2.45, 2.75) is 32.4 Å². The summed E-state index contributed by atoms with van der Waals surface area (Å²) in [6.45, 7) is 5.59. The highest BCUT2D eigenvalue weighted by Crippen LogP contribution is 2.26. The van der Waals surface area contributed by atoms with Gasteiger partial charge in [-0.25, -0.2) is 4.39 Å². The second kappa shape index (κ2) is 6.62. The average molecular weight is 317 g/mol. The summed E-state index contributed by atoms with van der Waals surface area (Å²) >= 11 is 0. The number of hydrogen-bond acceptors (Lipinski definition) is 2. The van der Waals surface area contributed by atoms with Crippen molar-refractivity contribution in [1.29, 1.82) is 0 Å². The van der Waals surface area contributed by atoms with Crippen molar-refractivity contribution in [3.8, 4) is 0 Å². The zero-order chi connectivity index (χ0) is 16.6. The van der Waals surface area contributed by atoms with E-state index in [0.29, 0.717) is 6.04 Å². The van der Waals surface area contributed by atoms with Crippen LogP contribution in [0, 0.1) is 11.7 Å². The molecule has 1 atom stereocenters. The second-order valence-electron chi connectivity index (χ2n) is 7.22. The summed E-state index contributed by atoms with van der Waals surface area (Å²) in [5.41, 5.74) is 2.38. The lowest BCUT2D eigenvalue weighted by Gasteiger charge is -2.37. The Balaban J connectivity index is 1.66. The van der Waals surface area contributed by atoms with Crippen LogP contribution in [-0.4, -0.2) is 47.6 Å². The van der Waals surface area contributed by atoms with E-state index in [4.69, 9.17) is 0 Å². The van der Waals surface area contributed by atoms with Crippen LogP contribution in [-0.2, 0) is 13.6 Å². The quantitative estimate of drug-likeness (QED) is 0.855. The van der Waals surface area contributed by atoms with E-state index in [1.807, 2.05) is 6.07 Å². The fourth-order valence-electron chi connectivity index (χ4n) is 3.77. The Labute approximate surface area is 138 Å². The molecule has 4 heteroatoms. The maximum atomic E-state index is 13.4. The van der Waals surface area contributed by atoms with E-state index < -0.39 is 0 Å². The number of nitrogens with zero attached hydrogens (tertiary/aromatic N) is 3. The van der Waals surface area contributed by atoms with Gasteiger partial charge in [-0.05, 0) is 77.1 Å². The Bertz CT molecular complexity index is 669. The lowest BCUT2D eigenvalue weighted by molar-refractivity contribution is 0.120. The first-order valence-electron chi connectivity index (χ1n) is 8.58. The fraction of sp³-hybridized carbons (Fsp3) is 0.579. The van der Waals surface area contributed by atoms with Crippen LogP contribution in [0.1, 0.15) is 25.5 Å². The predicted molar refractivity (Wildman–Crippen MR) is 94.0 cm³/mol. The normalized spacial score (nSPS) is 18.9. The van der Waals surface area contributed by atoms with Gasteiger partial charge < -0.3 is 9.47 Å². The lowest BCUT2D eigenvalue weighted by atomic mass is 9.90. The minimum Gasteiger partial charge on any atom is -0.346 e. The molecular weight excluding hydrogens is 289 g/mol. The first kappa shape index (κ1) is 16.5. The monoisotopic (exact) mass is 317 g/mol. The van der Waals surface area contributed by atoms with Gasteiger partial charge in [0, 0.05) is 36.2 Å². The van der Waals surface area contributed by atoms with E-state index in [2.05, 4.69) is 48.5 Å². The second-order valence-corrected chi connectivity index (χ2v) is 7.22. The largest absolute Gasteiger partial charge is 0.346 e. The van der Waals surface area contributed by atoms with Crippen LogP contribution in [0.3, 0.4) is 0 Å². The van der Waals surface area contributed by atoms with Crippen LogP contribution >= 0.6 is 0 Å². The van der Waals surface area contributed by atoms with Crippen molar-refractivity contribution in [2.24, 2.45) is 13.0 Å². The van der Waals surface area contributed by atoms with Crippen LogP contribution in [0.5, 0.6) is 0 Å². The highest BCUT2D eigenvalue weighted by Gasteiger charge is 2.25. The number of halogens is 1. The van der Waals surface area contributed by atoms with Crippen LogP contribution < -0.4 is 0 Å². The zero-order valence-electron chi connectivity index (χ0n) is 14.7. The van der Waals surface area contributed by atoms with Crippen LogP contribution in [0.4, 0.5) is 4.39 Å². The van der Waals surface area contributed by atoms with E-state index in [9.17, 15) is 4.39 Å². The van der Waals surface area contributed by atoms with Gasteiger partial charge in [-0.3, -0.25) is 4.90 Å². The molecule has 1 aromatic carbocycles. The number of aromatic nitrogens is 1. The average Bonchev–Trinajstić information content (AvgIpc) is 2.82. The topological polar surface area (TPSA) is 11.4 Å². The Kier molecular flexibility index (Phi) is 4.74. The van der Waals surface area contributed by atoms with Crippen molar-refractivity contribution in [2.75, 3.05) is 27.2 Å². The molecule has 23 heavy (non-hydrogen) atoms. The van der Waals surface area contributed by atoms with Crippen molar-refractivity contribution in [3.63, 3.8) is 0 Å². The maximum absolute atomic E-state index is 13.4. The van der Waals surface area contributed by atoms with Crippen LogP contribution in [0.15, 0.2) is 24.3 Å². The van der Waals surface area contributed by atoms with Gasteiger partial charge in [0.1, 0.15) is 5.82 Å². The number of piperidine rings is 1. The number of likely N-dealkylation sites (tertiary alicyclic amines) is 1. The molecule has 0 bridgehead atoms. The minimum atomic E-state index is -0.159. The van der Waals surface area contributed by atoms with Gasteiger partial charge in [0.25, 0.3) is 0 Å². The summed E-state index contributed by atoms with van der Waals surface area (Å²) in [5, 5.41) is 0.999. The van der Waals surface area contributed by atoms with Crippen molar-refractivity contribution < 1.29 is 4.39 Å². The predicted octanol–water partition coefficient (Wildman–Crippen LogP) is 3.48. The van der Waals surface area contributed by atoms with Gasteiger partial charge in [0.05, 0.1) is 0 Å². The maximum Gasteiger partial charge on any atom is 0.123 e. The SMILES string of the molecule is CC(C1CCN(Cc2cc3cc(F)ccc3n2C)CC1)N(C)C. The van der Waals surface area contributed by atoms with E-state index in [1.54, 1.807) is 12.1 Å². The van der Waals surface area contributed by atoms with Gasteiger partial charge in [-0.2, -0.15) is 0 Å². The van der Waals surface area contributed by atoms with E-state index >= 15 is 0 Å². The van der Waals surface area contributed by atoms with Gasteiger partial charge in [-0.15, -0.1) is 0 Å². The standard InChI is InChI=1S/C19H28FN3/c1-14(21(2)3)15-7-9-23(10-8-15)13-18-12-16-11-17(20)5-6-19(16)22(18)4/h5-6,11-12,14-15H,7-10,13H2,1-4H3. The molecule has 2 heterocycles. The molecule has 1 saturated heterocycles. The number of benzene rings is 1. The zero-order valence-corrected chi connectivity index (χ0v) is 14.7. The molecule has 0 spiro atoms. The van der Waals surface area contributed by atoms with Crippen molar-refractivity contribution >= 4 is 10.9 Å². The van der Waals surface area contributed by atoms with Crippen LogP contribution in [0.2, 0.25) is 0 Å².